The molecule has 3 nitrogen and oxygen atoms in total. The Balaban J connectivity index is 0.00000147. The van der Waals surface area contributed by atoms with E-state index in [2.05, 4.69) is 21.7 Å². The van der Waals surface area contributed by atoms with Gasteiger partial charge in [-0.05, 0) is 49.1 Å². The molecule has 2 unspecified atom stereocenters. The molecule has 3 heterocycles. The van der Waals surface area contributed by atoms with Crippen molar-refractivity contribution in [3.63, 3.8) is 0 Å². The van der Waals surface area contributed by atoms with Crippen LogP contribution in [-0.4, -0.2) is 42.7 Å². The molecule has 20 heavy (non-hydrogen) atoms. The van der Waals surface area contributed by atoms with E-state index >= 15 is 0 Å². The molecule has 2 aliphatic heterocycles. The maximum absolute atomic E-state index is 12.8. The highest BCUT2D eigenvalue weighted by atomic mass is 35.5. The first-order valence-electron chi connectivity index (χ1n) is 6.93. The summed E-state index contributed by atoms with van der Waals surface area (Å²) in [6.45, 7) is 1.79. The van der Waals surface area contributed by atoms with Gasteiger partial charge in [0.25, 0.3) is 0 Å². The zero-order valence-corrected chi connectivity index (χ0v) is 14.1. The maximum Gasteiger partial charge on any atom is 0.240 e. The number of hydrogen-bond acceptors (Lipinski definition) is 4. The summed E-state index contributed by atoms with van der Waals surface area (Å²) in [5.41, 5.74) is 1.28. The Morgan fingerprint density at radius 2 is 2.35 bits per heavy atom. The van der Waals surface area contributed by atoms with Crippen molar-refractivity contribution in [1.29, 1.82) is 0 Å². The molecule has 6 heteroatoms. The van der Waals surface area contributed by atoms with E-state index in [0.717, 1.165) is 31.7 Å². The second-order valence-corrected chi connectivity index (χ2v) is 7.43. The van der Waals surface area contributed by atoms with Crippen LogP contribution in [0.3, 0.4) is 0 Å². The van der Waals surface area contributed by atoms with Gasteiger partial charge in [0.1, 0.15) is 5.25 Å². The van der Waals surface area contributed by atoms with Crippen molar-refractivity contribution in [3.8, 4) is 0 Å². The number of carbonyl (C=O) groups excluding carboxylic acids is 1. The first-order valence-corrected chi connectivity index (χ1v) is 8.86. The summed E-state index contributed by atoms with van der Waals surface area (Å²) in [7, 11) is 1.99. The Morgan fingerprint density at radius 1 is 1.50 bits per heavy atom. The smallest absolute Gasteiger partial charge is 0.240 e. The number of carbonyl (C=O) groups is 1. The summed E-state index contributed by atoms with van der Waals surface area (Å²) >= 11 is 3.62. The molecule has 3 rings (SSSR count). The van der Waals surface area contributed by atoms with Crippen molar-refractivity contribution in [2.24, 2.45) is 0 Å². The van der Waals surface area contributed by atoms with Crippen LogP contribution in [-0.2, 0) is 11.2 Å². The number of amides is 1. The van der Waals surface area contributed by atoms with E-state index in [4.69, 9.17) is 0 Å². The van der Waals surface area contributed by atoms with Crippen LogP contribution in [0.2, 0.25) is 0 Å². The molecule has 0 aliphatic carbocycles. The monoisotopic (exact) mass is 332 g/mol. The van der Waals surface area contributed by atoms with Gasteiger partial charge in [-0.15, -0.1) is 35.5 Å². The Kier molecular flexibility index (Phi) is 5.78. The number of nitrogens with one attached hydrogen (secondary N) is 1. The number of thiophene rings is 1. The van der Waals surface area contributed by atoms with Crippen LogP contribution in [0.15, 0.2) is 11.4 Å². The van der Waals surface area contributed by atoms with E-state index in [1.165, 1.54) is 16.9 Å². The second-order valence-electron chi connectivity index (χ2n) is 5.21. The molecule has 2 aliphatic rings. The van der Waals surface area contributed by atoms with E-state index in [9.17, 15) is 4.79 Å². The lowest BCUT2D eigenvalue weighted by Crippen LogP contribution is -2.48. The molecule has 1 amide bonds. The van der Waals surface area contributed by atoms with Crippen LogP contribution < -0.4 is 5.32 Å². The SMILES string of the molecule is CNC1CCCN(C(=O)C2SCCc3sccc32)C1.Cl. The minimum Gasteiger partial charge on any atom is -0.340 e. The third-order valence-electron chi connectivity index (χ3n) is 4.04. The molecule has 0 saturated carbocycles. The van der Waals surface area contributed by atoms with Crippen molar-refractivity contribution >= 4 is 41.4 Å². The van der Waals surface area contributed by atoms with Gasteiger partial charge >= 0.3 is 0 Å². The molecule has 0 bridgehead atoms. The van der Waals surface area contributed by atoms with Gasteiger partial charge in [-0.3, -0.25) is 4.79 Å². The van der Waals surface area contributed by atoms with Crippen molar-refractivity contribution in [1.82, 2.24) is 10.2 Å². The van der Waals surface area contributed by atoms with Crippen molar-refractivity contribution in [3.05, 3.63) is 21.9 Å². The summed E-state index contributed by atoms with van der Waals surface area (Å²) in [6.07, 6.45) is 3.42. The molecule has 1 aromatic rings. The van der Waals surface area contributed by atoms with Gasteiger partial charge < -0.3 is 10.2 Å². The van der Waals surface area contributed by atoms with Gasteiger partial charge in [-0.25, -0.2) is 0 Å². The molecule has 0 radical (unpaired) electrons. The normalized spacial score (nSPS) is 25.8. The first kappa shape index (κ1) is 16.1. The molecular formula is C14H21ClN2OS2. The fourth-order valence-electron chi connectivity index (χ4n) is 2.93. The summed E-state index contributed by atoms with van der Waals surface area (Å²) in [5, 5.41) is 5.48. The fraction of sp³-hybridized carbons (Fsp3) is 0.643. The summed E-state index contributed by atoms with van der Waals surface area (Å²) < 4.78 is 0. The van der Waals surface area contributed by atoms with Crippen LogP contribution in [0.5, 0.6) is 0 Å². The molecule has 1 fully saturated rings. The van der Waals surface area contributed by atoms with Crippen molar-refractivity contribution < 1.29 is 4.79 Å². The Morgan fingerprint density at radius 3 is 3.15 bits per heavy atom. The van der Waals surface area contributed by atoms with E-state index < -0.39 is 0 Å². The summed E-state index contributed by atoms with van der Waals surface area (Å²) in [4.78, 5) is 16.2. The fourth-order valence-corrected chi connectivity index (χ4v) is 5.30. The van der Waals surface area contributed by atoms with E-state index in [-0.39, 0.29) is 17.7 Å². The molecule has 0 aromatic carbocycles. The number of likely N-dealkylation sites (tertiary alicyclic amines) is 1. The maximum atomic E-state index is 12.8. The largest absolute Gasteiger partial charge is 0.340 e. The molecule has 1 N–H and O–H groups in total. The van der Waals surface area contributed by atoms with Crippen LogP contribution in [0.1, 0.15) is 28.5 Å². The third kappa shape index (κ3) is 3.16. The lowest BCUT2D eigenvalue weighted by Gasteiger charge is -2.35. The number of likely N-dealkylation sites (N-methyl/N-ethyl adjacent to an activating group) is 1. The van der Waals surface area contributed by atoms with E-state index in [0.29, 0.717) is 11.9 Å². The lowest BCUT2D eigenvalue weighted by molar-refractivity contribution is -0.132. The topological polar surface area (TPSA) is 32.3 Å². The van der Waals surface area contributed by atoms with Crippen LogP contribution in [0.25, 0.3) is 0 Å². The zero-order valence-electron chi connectivity index (χ0n) is 11.6. The third-order valence-corrected chi connectivity index (χ3v) is 6.27. The molecule has 0 spiro atoms. The van der Waals surface area contributed by atoms with Gasteiger partial charge in [0.15, 0.2) is 0 Å². The quantitative estimate of drug-likeness (QED) is 0.903. The second kappa shape index (κ2) is 7.16. The minimum absolute atomic E-state index is 0. The van der Waals surface area contributed by atoms with E-state index in [1.807, 2.05) is 18.8 Å². The number of aryl methyl sites for hydroxylation is 1. The molecule has 1 aromatic heterocycles. The van der Waals surface area contributed by atoms with Crippen molar-refractivity contribution in [2.75, 3.05) is 25.9 Å². The number of rotatable bonds is 2. The standard InChI is InChI=1S/C14H20N2OS2.ClH/c1-15-10-3-2-6-16(9-10)14(17)13-11-4-7-18-12(11)5-8-19-13;/h4,7,10,13,15H,2-3,5-6,8-9H2,1H3;1H. The molecule has 1 saturated heterocycles. The predicted octanol–water partition coefficient (Wildman–Crippen LogP) is 2.71. The van der Waals surface area contributed by atoms with Gasteiger partial charge in [-0.2, -0.15) is 0 Å². The number of fused-ring (bicyclic) bond motifs is 1. The lowest BCUT2D eigenvalue weighted by atomic mass is 10.0. The van der Waals surface area contributed by atoms with Crippen LogP contribution in [0.4, 0.5) is 0 Å². The summed E-state index contributed by atoms with van der Waals surface area (Å²) in [5.74, 6) is 1.40. The Bertz CT molecular complexity index is 466. The predicted molar refractivity (Wildman–Crippen MR) is 89.1 cm³/mol. The average Bonchev–Trinajstić information content (AvgIpc) is 2.95. The molecular weight excluding hydrogens is 312 g/mol. The van der Waals surface area contributed by atoms with Crippen LogP contribution >= 0.6 is 35.5 Å². The Hall–Kier alpha value is -0.230. The first-order chi connectivity index (χ1) is 9.29. The Labute approximate surface area is 134 Å². The van der Waals surface area contributed by atoms with Gasteiger partial charge in [0.05, 0.1) is 0 Å². The number of halogens is 1. The minimum atomic E-state index is 0. The number of piperidine rings is 1. The van der Waals surface area contributed by atoms with Gasteiger partial charge in [0.2, 0.25) is 5.91 Å². The molecule has 112 valence electrons. The highest BCUT2D eigenvalue weighted by Crippen LogP contribution is 2.40. The number of nitrogens with zero attached hydrogens (tertiary/aromatic N) is 1. The van der Waals surface area contributed by atoms with E-state index in [1.54, 1.807) is 11.3 Å². The van der Waals surface area contributed by atoms with Crippen LogP contribution in [0, 0.1) is 0 Å². The zero-order chi connectivity index (χ0) is 13.2. The average molecular weight is 333 g/mol. The number of thioether (sulfide) groups is 1. The summed E-state index contributed by atoms with van der Waals surface area (Å²) in [6, 6.07) is 2.61. The number of hydrogen-bond donors (Lipinski definition) is 1. The molecule has 2 atom stereocenters. The highest BCUT2D eigenvalue weighted by molar-refractivity contribution is 8.00. The van der Waals surface area contributed by atoms with Gasteiger partial charge in [-0.1, -0.05) is 0 Å². The van der Waals surface area contributed by atoms with Crippen molar-refractivity contribution in [2.45, 2.75) is 30.6 Å². The highest BCUT2D eigenvalue weighted by Gasteiger charge is 2.33. The van der Waals surface area contributed by atoms with Gasteiger partial charge in [0, 0.05) is 24.0 Å².